The molecule has 0 aromatic rings. The quantitative estimate of drug-likeness (QED) is 0.190. The predicted octanol–water partition coefficient (Wildman–Crippen LogP) is 5.68. The van der Waals surface area contributed by atoms with Crippen molar-refractivity contribution in [1.29, 1.82) is 0 Å². The van der Waals surface area contributed by atoms with E-state index < -0.39 is 10.1 Å². The second kappa shape index (κ2) is 19.0. The van der Waals surface area contributed by atoms with Crippen LogP contribution < -0.4 is 0 Å². The fourth-order valence-corrected chi connectivity index (χ4v) is 3.59. The van der Waals surface area contributed by atoms with Gasteiger partial charge < -0.3 is 2.85 Å². The van der Waals surface area contributed by atoms with Crippen molar-refractivity contribution < 1.29 is 15.5 Å². The van der Waals surface area contributed by atoms with Crippen LogP contribution in [0.5, 0.6) is 0 Å². The van der Waals surface area contributed by atoms with Crippen molar-refractivity contribution in [3.63, 3.8) is 0 Å². The summed E-state index contributed by atoms with van der Waals surface area (Å²) in [6.45, 7) is 4.78. The van der Waals surface area contributed by atoms with E-state index in [4.69, 9.17) is 4.18 Å². The molecule has 0 rings (SSSR count). The summed E-state index contributed by atoms with van der Waals surface area (Å²) in [7, 11) is -3.28. The van der Waals surface area contributed by atoms with Gasteiger partial charge in [-0.2, -0.15) is 8.42 Å². The number of hydrogen-bond donors (Lipinski definition) is 0. The van der Waals surface area contributed by atoms with E-state index in [1.807, 2.05) is 0 Å². The van der Waals surface area contributed by atoms with E-state index in [9.17, 15) is 8.42 Å². The molecule has 0 aliphatic heterocycles. The Morgan fingerprint density at radius 1 is 0.652 bits per heavy atom. The van der Waals surface area contributed by atoms with Gasteiger partial charge in [-0.05, 0) is 12.8 Å². The molecular formula is C18H40MgO3S. The maximum atomic E-state index is 11.7. The molecule has 0 N–H and O–H groups in total. The smallest absolute Gasteiger partial charge is 1.00 e. The Balaban J connectivity index is -0.000000735. The third-order valence-corrected chi connectivity index (χ3v) is 5.32. The van der Waals surface area contributed by atoms with Crippen LogP contribution in [0.25, 0.3) is 0 Å². The van der Waals surface area contributed by atoms with Gasteiger partial charge in [-0.25, -0.2) is 0 Å². The van der Waals surface area contributed by atoms with Gasteiger partial charge in [0.2, 0.25) is 0 Å². The molecule has 0 spiro atoms. The van der Waals surface area contributed by atoms with Crippen LogP contribution in [0.3, 0.4) is 0 Å². The van der Waals surface area contributed by atoms with Gasteiger partial charge in [-0.1, -0.05) is 90.9 Å². The van der Waals surface area contributed by atoms with Crippen molar-refractivity contribution in [2.24, 2.45) is 0 Å². The van der Waals surface area contributed by atoms with Gasteiger partial charge in [0.15, 0.2) is 0 Å². The van der Waals surface area contributed by atoms with Crippen LogP contribution >= 0.6 is 0 Å². The van der Waals surface area contributed by atoms with Gasteiger partial charge in [0.05, 0.1) is 12.4 Å². The van der Waals surface area contributed by atoms with Crippen molar-refractivity contribution in [3.05, 3.63) is 0 Å². The zero-order chi connectivity index (χ0) is 16.5. The minimum atomic E-state index is -3.28. The molecule has 0 saturated carbocycles. The number of hydrogen-bond acceptors (Lipinski definition) is 3. The molecule has 0 fully saturated rings. The van der Waals surface area contributed by atoms with Crippen LogP contribution in [0.15, 0.2) is 0 Å². The summed E-state index contributed by atoms with van der Waals surface area (Å²) in [5, 5.41) is 0. The Labute approximate surface area is 164 Å². The van der Waals surface area contributed by atoms with Gasteiger partial charge in [0.25, 0.3) is 10.1 Å². The second-order valence-corrected chi connectivity index (χ2v) is 8.09. The Bertz CT molecular complexity index is 328. The Morgan fingerprint density at radius 2 is 1.04 bits per heavy atom. The third-order valence-electron chi connectivity index (χ3n) is 4.01. The van der Waals surface area contributed by atoms with E-state index in [1.165, 1.54) is 57.8 Å². The molecule has 0 unspecified atom stereocenters. The Morgan fingerprint density at radius 3 is 1.52 bits per heavy atom. The molecule has 0 heterocycles. The first-order valence-corrected chi connectivity index (χ1v) is 11.1. The van der Waals surface area contributed by atoms with Crippen LogP contribution in [-0.4, -0.2) is 43.8 Å². The topological polar surface area (TPSA) is 43.4 Å². The van der Waals surface area contributed by atoms with E-state index in [-0.39, 0.29) is 31.7 Å². The van der Waals surface area contributed by atoms with Crippen LogP contribution in [0, 0.1) is 0 Å². The molecule has 0 amide bonds. The average Bonchev–Trinajstić information content (AvgIpc) is 2.49. The van der Waals surface area contributed by atoms with E-state index in [1.54, 1.807) is 0 Å². The molecule has 5 heteroatoms. The Kier molecular flexibility index (Phi) is 21.4. The van der Waals surface area contributed by atoms with Gasteiger partial charge >= 0.3 is 23.1 Å². The summed E-state index contributed by atoms with van der Waals surface area (Å²) in [5.74, 6) is 0.192. The van der Waals surface area contributed by atoms with Gasteiger partial charge in [-0.3, -0.25) is 4.18 Å². The molecule has 0 atom stereocenters. The molecule has 3 nitrogen and oxygen atoms in total. The third kappa shape index (κ3) is 20.6. The summed E-state index contributed by atoms with van der Waals surface area (Å²) >= 11 is 0. The zero-order valence-corrected chi connectivity index (χ0v) is 17.9. The van der Waals surface area contributed by atoms with E-state index in [0.717, 1.165) is 32.1 Å². The fraction of sp³-hybridized carbons (Fsp3) is 1.00. The van der Waals surface area contributed by atoms with Gasteiger partial charge in [0.1, 0.15) is 0 Å². The molecule has 138 valence electrons. The second-order valence-electron chi connectivity index (χ2n) is 6.33. The molecule has 0 aliphatic rings. The standard InChI is InChI=1S/C18H38O3S.Mg.2H/c1-3-5-7-9-11-13-15-17-21-22(19,20)18-16-14-12-10-8-6-4-2;;;/h3-18H2,1-2H3;;;/q;+2;2*-1. The summed E-state index contributed by atoms with van der Waals surface area (Å²) < 4.78 is 28.5. The van der Waals surface area contributed by atoms with Crippen molar-refractivity contribution >= 4 is 33.2 Å². The first-order chi connectivity index (χ1) is 10.6. The Hall–Kier alpha value is 0.676. The molecule has 0 aromatic carbocycles. The van der Waals surface area contributed by atoms with Gasteiger partial charge in [0, 0.05) is 0 Å². The summed E-state index contributed by atoms with van der Waals surface area (Å²) in [5.41, 5.74) is 0. The van der Waals surface area contributed by atoms with Crippen LogP contribution in [0.1, 0.15) is 107 Å². The monoisotopic (exact) mass is 360 g/mol. The van der Waals surface area contributed by atoms with Crippen molar-refractivity contribution in [3.8, 4) is 0 Å². The first kappa shape index (κ1) is 25.9. The van der Waals surface area contributed by atoms with Gasteiger partial charge in [-0.15, -0.1) is 0 Å². The summed E-state index contributed by atoms with van der Waals surface area (Å²) in [6.07, 6.45) is 16.2. The van der Waals surface area contributed by atoms with Crippen LogP contribution in [-0.2, 0) is 14.3 Å². The van der Waals surface area contributed by atoms with E-state index in [2.05, 4.69) is 13.8 Å². The van der Waals surface area contributed by atoms with E-state index >= 15 is 0 Å². The molecule has 0 radical (unpaired) electrons. The predicted molar refractivity (Wildman–Crippen MR) is 104 cm³/mol. The van der Waals surface area contributed by atoms with Crippen LogP contribution in [0.4, 0.5) is 0 Å². The largest absolute Gasteiger partial charge is 2.00 e. The molecular weight excluding hydrogens is 321 g/mol. The minimum absolute atomic E-state index is 0. The average molecular weight is 361 g/mol. The number of unbranched alkanes of at least 4 members (excludes halogenated alkanes) is 12. The molecule has 0 aliphatic carbocycles. The fourth-order valence-electron chi connectivity index (χ4n) is 2.54. The van der Waals surface area contributed by atoms with E-state index in [0.29, 0.717) is 6.61 Å². The van der Waals surface area contributed by atoms with Crippen molar-refractivity contribution in [2.75, 3.05) is 12.4 Å². The number of rotatable bonds is 17. The van der Waals surface area contributed by atoms with Crippen LogP contribution in [0.2, 0.25) is 0 Å². The summed E-state index contributed by atoms with van der Waals surface area (Å²) in [4.78, 5) is 0. The molecule has 0 bridgehead atoms. The SMILES string of the molecule is CCCCCCCCCOS(=O)(=O)CCCCCCCCC.[H-].[H-].[Mg+2]. The van der Waals surface area contributed by atoms with Crippen molar-refractivity contribution in [2.45, 2.75) is 104 Å². The first-order valence-electron chi connectivity index (χ1n) is 9.49. The normalized spacial score (nSPS) is 11.4. The van der Waals surface area contributed by atoms with Crippen molar-refractivity contribution in [1.82, 2.24) is 0 Å². The molecule has 0 aromatic heterocycles. The molecule has 23 heavy (non-hydrogen) atoms. The maximum absolute atomic E-state index is 11.7. The molecule has 0 saturated heterocycles. The minimum Gasteiger partial charge on any atom is -1.00 e. The zero-order valence-electron chi connectivity index (χ0n) is 17.7. The maximum Gasteiger partial charge on any atom is 2.00 e. The summed E-state index contributed by atoms with van der Waals surface area (Å²) in [6, 6.07) is 0.